The van der Waals surface area contributed by atoms with Crippen LogP contribution in [0, 0.1) is 13.8 Å². The highest BCUT2D eigenvalue weighted by Crippen LogP contribution is 2.18. The number of ketones is 1. The molecule has 0 radical (unpaired) electrons. The molecule has 4 rings (SSSR count). The summed E-state index contributed by atoms with van der Waals surface area (Å²) in [6.07, 6.45) is 3.75. The number of hydrogen-bond donors (Lipinski definition) is 1. The highest BCUT2D eigenvalue weighted by atomic mass is 16.3. The second-order valence-corrected chi connectivity index (χ2v) is 7.33. The van der Waals surface area contributed by atoms with Crippen LogP contribution in [0.5, 0.6) is 0 Å². The number of carbonyl (C=O) groups is 1. The van der Waals surface area contributed by atoms with Crippen LogP contribution in [0.15, 0.2) is 74.6 Å². The third-order valence-electron chi connectivity index (χ3n) is 4.92. The van der Waals surface area contributed by atoms with Gasteiger partial charge in [0.05, 0.1) is 11.1 Å². The van der Waals surface area contributed by atoms with Gasteiger partial charge < -0.3 is 13.7 Å². The number of likely N-dealkylation sites (tertiary alicyclic amines) is 1. The average Bonchev–Trinajstić information content (AvgIpc) is 3.27. The van der Waals surface area contributed by atoms with Crippen molar-refractivity contribution in [2.24, 2.45) is 0 Å². The fourth-order valence-corrected chi connectivity index (χ4v) is 3.62. The Balaban J connectivity index is 1.66. The molecule has 142 valence electrons. The first-order valence-corrected chi connectivity index (χ1v) is 9.53. The van der Waals surface area contributed by atoms with E-state index in [-0.39, 0.29) is 5.78 Å². The highest BCUT2D eigenvalue weighted by molar-refractivity contribution is 6.13. The first-order chi connectivity index (χ1) is 13.6. The lowest BCUT2D eigenvalue weighted by Crippen LogP contribution is -3.12. The van der Waals surface area contributed by atoms with Gasteiger partial charge in [0.2, 0.25) is 0 Å². The molecular weight excluding hydrogens is 350 g/mol. The molecule has 1 aromatic carbocycles. The first-order valence-electron chi connectivity index (χ1n) is 9.53. The summed E-state index contributed by atoms with van der Waals surface area (Å²) in [5.74, 6) is 3.18. The van der Waals surface area contributed by atoms with E-state index in [1.807, 2.05) is 56.3 Å². The van der Waals surface area contributed by atoms with E-state index >= 15 is 0 Å². The van der Waals surface area contributed by atoms with E-state index in [1.165, 1.54) is 10.5 Å². The van der Waals surface area contributed by atoms with E-state index in [4.69, 9.17) is 8.83 Å². The monoisotopic (exact) mass is 374 g/mol. The van der Waals surface area contributed by atoms with Gasteiger partial charge in [-0.1, -0.05) is 30.3 Å². The number of rotatable bonds is 4. The minimum Gasteiger partial charge on any atom is -0.462 e. The molecule has 0 saturated carbocycles. The Morgan fingerprint density at radius 3 is 1.82 bits per heavy atom. The summed E-state index contributed by atoms with van der Waals surface area (Å²) in [5, 5.41) is 0. The van der Waals surface area contributed by atoms with Crippen LogP contribution in [0.25, 0.3) is 12.2 Å². The quantitative estimate of drug-likeness (QED) is 0.710. The topological polar surface area (TPSA) is 47.8 Å². The molecule has 1 aliphatic rings. The predicted molar refractivity (Wildman–Crippen MR) is 109 cm³/mol. The Morgan fingerprint density at radius 2 is 1.36 bits per heavy atom. The molecule has 0 bridgehead atoms. The van der Waals surface area contributed by atoms with Crippen LogP contribution in [-0.4, -0.2) is 18.9 Å². The van der Waals surface area contributed by atoms with Gasteiger partial charge >= 0.3 is 0 Å². The number of piperidine rings is 1. The van der Waals surface area contributed by atoms with Crippen molar-refractivity contribution >= 4 is 17.9 Å². The third-order valence-corrected chi connectivity index (χ3v) is 4.92. The Kier molecular flexibility index (Phi) is 5.13. The minimum absolute atomic E-state index is 0.0694. The molecule has 3 aromatic rings. The molecule has 4 heteroatoms. The van der Waals surface area contributed by atoms with Gasteiger partial charge in [0, 0.05) is 5.56 Å². The van der Waals surface area contributed by atoms with Crippen molar-refractivity contribution in [1.29, 1.82) is 0 Å². The fraction of sp³-hybridized carbons (Fsp3) is 0.208. The van der Waals surface area contributed by atoms with E-state index in [0.717, 1.165) is 40.7 Å². The zero-order valence-corrected chi connectivity index (χ0v) is 16.2. The molecule has 1 atom stereocenters. The number of nitrogens with one attached hydrogen (secondary N) is 1. The third kappa shape index (κ3) is 4.24. The molecular formula is C24H24NO3+. The van der Waals surface area contributed by atoms with Crippen LogP contribution in [0.4, 0.5) is 0 Å². The van der Waals surface area contributed by atoms with Crippen molar-refractivity contribution in [2.75, 3.05) is 13.1 Å². The van der Waals surface area contributed by atoms with Crippen LogP contribution in [0.1, 0.15) is 28.6 Å². The van der Waals surface area contributed by atoms with E-state index in [9.17, 15) is 4.79 Å². The van der Waals surface area contributed by atoms with Crippen LogP contribution in [0.3, 0.4) is 0 Å². The number of carbonyl (C=O) groups excluding carboxylic acids is 1. The first kappa shape index (κ1) is 18.3. The van der Waals surface area contributed by atoms with Crippen molar-refractivity contribution in [3.8, 4) is 0 Å². The van der Waals surface area contributed by atoms with Gasteiger partial charge in [-0.15, -0.1) is 0 Å². The molecule has 2 aromatic heterocycles. The number of aryl methyl sites for hydroxylation is 2. The van der Waals surface area contributed by atoms with E-state index in [2.05, 4.69) is 24.3 Å². The second kappa shape index (κ2) is 7.87. The minimum atomic E-state index is 0.0694. The smallest absolute Gasteiger partial charge is 0.196 e. The molecule has 0 amide bonds. The Labute approximate surface area is 164 Å². The summed E-state index contributed by atoms with van der Waals surface area (Å²) in [7, 11) is 0. The second-order valence-electron chi connectivity index (χ2n) is 7.33. The fourth-order valence-electron chi connectivity index (χ4n) is 3.62. The Bertz CT molecular complexity index is 975. The molecule has 1 saturated heterocycles. The normalized spacial score (nSPS) is 20.2. The standard InChI is InChI=1S/C24H23NO3/c1-17-8-10-22(27-17)12-20-15-25(14-19-6-4-3-5-7-19)16-21(24(20)26)13-23-11-9-18(2)28-23/h3-13H,14-16H2,1-2H3/p+1/b20-12-,21-13+. The van der Waals surface area contributed by atoms with Gasteiger partial charge in [-0.25, -0.2) is 0 Å². The van der Waals surface area contributed by atoms with Crippen LogP contribution < -0.4 is 4.90 Å². The molecule has 1 N–H and O–H groups in total. The van der Waals surface area contributed by atoms with E-state index in [0.29, 0.717) is 13.1 Å². The van der Waals surface area contributed by atoms with Gasteiger partial charge in [-0.2, -0.15) is 0 Å². The summed E-state index contributed by atoms with van der Waals surface area (Å²) in [5.41, 5.74) is 2.79. The van der Waals surface area contributed by atoms with Gasteiger partial charge in [0.1, 0.15) is 42.7 Å². The molecule has 1 aliphatic heterocycles. The molecule has 0 aliphatic carbocycles. The molecule has 3 heterocycles. The summed E-state index contributed by atoms with van der Waals surface area (Å²) in [4.78, 5) is 14.4. The SMILES string of the molecule is Cc1ccc(/C=C2/C[NH+](Cc3ccccc3)C/C(=C\c3ccc(C)o3)C2=O)o1. The van der Waals surface area contributed by atoms with Gasteiger partial charge in [0.15, 0.2) is 5.78 Å². The molecule has 1 unspecified atom stereocenters. The lowest BCUT2D eigenvalue weighted by atomic mass is 9.95. The predicted octanol–water partition coefficient (Wildman–Crippen LogP) is 3.62. The van der Waals surface area contributed by atoms with Crippen LogP contribution >= 0.6 is 0 Å². The largest absolute Gasteiger partial charge is 0.462 e. The number of Topliss-reactive ketones (excluding diaryl/α,β-unsaturated/α-hetero) is 1. The van der Waals surface area contributed by atoms with E-state index in [1.54, 1.807) is 0 Å². The maximum atomic E-state index is 13.1. The Hall–Kier alpha value is -3.11. The van der Waals surface area contributed by atoms with Crippen LogP contribution in [0.2, 0.25) is 0 Å². The summed E-state index contributed by atoms with van der Waals surface area (Å²) in [6.45, 7) is 6.01. The number of benzene rings is 1. The lowest BCUT2D eigenvalue weighted by molar-refractivity contribution is -0.904. The van der Waals surface area contributed by atoms with Gasteiger partial charge in [-0.3, -0.25) is 4.79 Å². The number of quaternary nitrogens is 1. The molecule has 4 nitrogen and oxygen atoms in total. The zero-order valence-electron chi connectivity index (χ0n) is 16.2. The van der Waals surface area contributed by atoms with E-state index < -0.39 is 0 Å². The number of furan rings is 2. The zero-order chi connectivity index (χ0) is 19.5. The molecule has 28 heavy (non-hydrogen) atoms. The van der Waals surface area contributed by atoms with Crippen molar-refractivity contribution < 1.29 is 18.5 Å². The highest BCUT2D eigenvalue weighted by Gasteiger charge is 2.30. The number of hydrogen-bond acceptors (Lipinski definition) is 3. The Morgan fingerprint density at radius 1 is 0.821 bits per heavy atom. The maximum absolute atomic E-state index is 13.1. The van der Waals surface area contributed by atoms with Gasteiger partial charge in [-0.05, 0) is 50.3 Å². The van der Waals surface area contributed by atoms with Crippen molar-refractivity contribution in [2.45, 2.75) is 20.4 Å². The molecule has 0 spiro atoms. The van der Waals surface area contributed by atoms with Crippen LogP contribution in [-0.2, 0) is 11.3 Å². The van der Waals surface area contributed by atoms with Crippen molar-refractivity contribution in [3.63, 3.8) is 0 Å². The molecule has 1 fully saturated rings. The average molecular weight is 374 g/mol. The maximum Gasteiger partial charge on any atom is 0.196 e. The summed E-state index contributed by atoms with van der Waals surface area (Å²) >= 11 is 0. The van der Waals surface area contributed by atoms with Gasteiger partial charge in [0.25, 0.3) is 0 Å². The summed E-state index contributed by atoms with van der Waals surface area (Å²) < 4.78 is 11.3. The van der Waals surface area contributed by atoms with Crippen molar-refractivity contribution in [3.05, 3.63) is 94.3 Å². The summed E-state index contributed by atoms with van der Waals surface area (Å²) in [6, 6.07) is 18.0. The lowest BCUT2D eigenvalue weighted by Gasteiger charge is -2.26. The van der Waals surface area contributed by atoms with Crippen molar-refractivity contribution in [1.82, 2.24) is 0 Å².